The van der Waals surface area contributed by atoms with Crippen LogP contribution >= 0.6 is 0 Å². The quantitative estimate of drug-likeness (QED) is 0.519. The van der Waals surface area contributed by atoms with Gasteiger partial charge in [-0.25, -0.2) is 0 Å². The molecule has 142 valence electrons. The Morgan fingerprint density at radius 3 is 2.36 bits per heavy atom. The van der Waals surface area contributed by atoms with E-state index < -0.39 is 5.97 Å². The lowest BCUT2D eigenvalue weighted by molar-refractivity contribution is -0.152. The molecule has 6 heteroatoms. The summed E-state index contributed by atoms with van der Waals surface area (Å²) in [5.41, 5.74) is 0.00203. The van der Waals surface area contributed by atoms with Crippen LogP contribution in [0.5, 0.6) is 0 Å². The van der Waals surface area contributed by atoms with Gasteiger partial charge in [-0.3, -0.25) is 14.4 Å². The standard InChI is InChI=1S/C19H31NO5/c1-6-25-16(23)11-14(21)20(10-8-15(22)24-5)17-18(2,3)13-7-9-19(17,4)12-13/h13,17H,6-12H2,1-5H3/t13-,17?,19-/m0/s1. The first-order valence-corrected chi connectivity index (χ1v) is 9.17. The number of hydrogen-bond donors (Lipinski definition) is 0. The van der Waals surface area contributed by atoms with Crippen LogP contribution < -0.4 is 0 Å². The van der Waals surface area contributed by atoms with E-state index in [-0.39, 0.29) is 54.7 Å². The SMILES string of the molecule is CCOC(=O)CC(=O)N(CCC(=O)OC)C1C(C)(C)[C@H]2CC[C@@]1(C)C2. The van der Waals surface area contributed by atoms with Crippen molar-refractivity contribution >= 4 is 17.8 Å². The van der Waals surface area contributed by atoms with Crippen LogP contribution in [-0.4, -0.2) is 49.0 Å². The lowest BCUT2D eigenvalue weighted by Crippen LogP contribution is -2.55. The highest BCUT2D eigenvalue weighted by Gasteiger charge is 2.61. The van der Waals surface area contributed by atoms with E-state index in [9.17, 15) is 14.4 Å². The number of hydrogen-bond acceptors (Lipinski definition) is 5. The number of fused-ring (bicyclic) bond motifs is 2. The Hall–Kier alpha value is -1.59. The van der Waals surface area contributed by atoms with Crippen molar-refractivity contribution in [3.05, 3.63) is 0 Å². The predicted octanol–water partition coefficient (Wildman–Crippen LogP) is 2.55. The molecule has 2 aliphatic carbocycles. The first kappa shape index (κ1) is 19.7. The molecule has 0 aromatic heterocycles. The smallest absolute Gasteiger partial charge is 0.315 e. The second-order valence-corrected chi connectivity index (χ2v) is 8.21. The number of methoxy groups -OCH3 is 1. The summed E-state index contributed by atoms with van der Waals surface area (Å²) >= 11 is 0. The molecule has 3 atom stereocenters. The summed E-state index contributed by atoms with van der Waals surface area (Å²) in [6.07, 6.45) is 3.21. The van der Waals surface area contributed by atoms with Gasteiger partial charge in [0.25, 0.3) is 0 Å². The molecule has 1 unspecified atom stereocenters. The van der Waals surface area contributed by atoms with Gasteiger partial charge in [-0.2, -0.15) is 0 Å². The Bertz CT molecular complexity index is 539. The van der Waals surface area contributed by atoms with Gasteiger partial charge in [-0.15, -0.1) is 0 Å². The van der Waals surface area contributed by atoms with Crippen LogP contribution in [0.3, 0.4) is 0 Å². The summed E-state index contributed by atoms with van der Waals surface area (Å²) in [6, 6.07) is 0.0188. The highest BCUT2D eigenvalue weighted by Crippen LogP contribution is 2.64. The number of nitrogens with zero attached hydrogens (tertiary/aromatic N) is 1. The van der Waals surface area contributed by atoms with E-state index in [1.807, 2.05) is 0 Å². The van der Waals surface area contributed by atoms with E-state index >= 15 is 0 Å². The van der Waals surface area contributed by atoms with E-state index in [0.29, 0.717) is 5.92 Å². The third-order valence-corrected chi connectivity index (χ3v) is 6.21. The molecular weight excluding hydrogens is 322 g/mol. The molecule has 2 saturated carbocycles. The average Bonchev–Trinajstić information content (AvgIpc) is 3.01. The van der Waals surface area contributed by atoms with Crippen LogP contribution in [0.1, 0.15) is 59.8 Å². The number of carbonyl (C=O) groups is 3. The average molecular weight is 353 g/mol. The molecule has 0 heterocycles. The predicted molar refractivity (Wildman–Crippen MR) is 92.6 cm³/mol. The van der Waals surface area contributed by atoms with Crippen LogP contribution in [0.4, 0.5) is 0 Å². The molecule has 0 aromatic rings. The van der Waals surface area contributed by atoms with Gasteiger partial charge < -0.3 is 14.4 Å². The highest BCUT2D eigenvalue weighted by molar-refractivity contribution is 5.94. The monoisotopic (exact) mass is 353 g/mol. The second kappa shape index (κ2) is 7.34. The summed E-state index contributed by atoms with van der Waals surface area (Å²) in [7, 11) is 1.34. The maximum atomic E-state index is 12.9. The normalized spacial score (nSPS) is 29.3. The van der Waals surface area contributed by atoms with Gasteiger partial charge in [0.1, 0.15) is 6.42 Å². The summed E-state index contributed by atoms with van der Waals surface area (Å²) in [5, 5.41) is 0. The molecular formula is C19H31NO5. The van der Waals surface area contributed by atoms with Crippen LogP contribution in [0.25, 0.3) is 0 Å². The molecule has 6 nitrogen and oxygen atoms in total. The van der Waals surface area contributed by atoms with Crippen molar-refractivity contribution in [1.82, 2.24) is 4.90 Å². The fourth-order valence-electron chi connectivity index (χ4n) is 5.20. The van der Waals surface area contributed by atoms with Gasteiger partial charge in [-0.1, -0.05) is 20.8 Å². The van der Waals surface area contributed by atoms with Crippen molar-refractivity contribution in [2.75, 3.05) is 20.3 Å². The zero-order chi connectivity index (χ0) is 18.8. The molecule has 2 bridgehead atoms. The van der Waals surface area contributed by atoms with E-state index in [4.69, 9.17) is 9.47 Å². The fraction of sp³-hybridized carbons (Fsp3) is 0.842. The molecule has 0 aromatic carbocycles. The lowest BCUT2D eigenvalue weighted by atomic mass is 9.67. The molecule has 1 amide bonds. The fourth-order valence-corrected chi connectivity index (χ4v) is 5.20. The number of carbonyl (C=O) groups excluding carboxylic acids is 3. The molecule has 0 spiro atoms. The van der Waals surface area contributed by atoms with Crippen molar-refractivity contribution in [3.63, 3.8) is 0 Å². The van der Waals surface area contributed by atoms with E-state index in [2.05, 4.69) is 20.8 Å². The second-order valence-electron chi connectivity index (χ2n) is 8.21. The van der Waals surface area contributed by atoms with Crippen molar-refractivity contribution in [3.8, 4) is 0 Å². The maximum absolute atomic E-state index is 12.9. The first-order chi connectivity index (χ1) is 11.7. The van der Waals surface area contributed by atoms with E-state index in [0.717, 1.165) is 12.8 Å². The lowest BCUT2D eigenvalue weighted by Gasteiger charge is -2.49. The van der Waals surface area contributed by atoms with Gasteiger partial charge in [-0.05, 0) is 42.9 Å². The molecule has 2 fully saturated rings. The Morgan fingerprint density at radius 2 is 1.84 bits per heavy atom. The Morgan fingerprint density at radius 1 is 1.16 bits per heavy atom. The van der Waals surface area contributed by atoms with Gasteiger partial charge in [0.05, 0.1) is 20.1 Å². The largest absolute Gasteiger partial charge is 0.469 e. The first-order valence-electron chi connectivity index (χ1n) is 9.17. The third-order valence-electron chi connectivity index (χ3n) is 6.21. The van der Waals surface area contributed by atoms with Crippen molar-refractivity contribution in [2.45, 2.75) is 65.8 Å². The third kappa shape index (κ3) is 3.82. The van der Waals surface area contributed by atoms with Gasteiger partial charge in [0.2, 0.25) is 5.91 Å². The van der Waals surface area contributed by atoms with E-state index in [1.54, 1.807) is 11.8 Å². The molecule has 2 aliphatic rings. The van der Waals surface area contributed by atoms with Crippen molar-refractivity contribution in [1.29, 1.82) is 0 Å². The van der Waals surface area contributed by atoms with Crippen LogP contribution in [0.2, 0.25) is 0 Å². The minimum absolute atomic E-state index is 0.0188. The molecule has 0 aliphatic heterocycles. The zero-order valence-electron chi connectivity index (χ0n) is 16.1. The summed E-state index contributed by atoms with van der Waals surface area (Å²) in [4.78, 5) is 38.1. The van der Waals surface area contributed by atoms with Gasteiger partial charge in [0.15, 0.2) is 0 Å². The van der Waals surface area contributed by atoms with E-state index in [1.165, 1.54) is 13.5 Å². The topological polar surface area (TPSA) is 72.9 Å². The number of esters is 2. The maximum Gasteiger partial charge on any atom is 0.315 e. The summed E-state index contributed by atoms with van der Waals surface area (Å²) in [6.45, 7) is 8.89. The van der Waals surface area contributed by atoms with Crippen LogP contribution in [-0.2, 0) is 23.9 Å². The number of ether oxygens (including phenoxy) is 2. The number of rotatable bonds is 7. The van der Waals surface area contributed by atoms with Crippen LogP contribution in [0, 0.1) is 16.7 Å². The summed E-state index contributed by atoms with van der Waals surface area (Å²) in [5.74, 6) is -0.547. The summed E-state index contributed by atoms with van der Waals surface area (Å²) < 4.78 is 9.67. The van der Waals surface area contributed by atoms with Crippen molar-refractivity contribution < 1.29 is 23.9 Å². The molecule has 0 radical (unpaired) electrons. The van der Waals surface area contributed by atoms with Crippen molar-refractivity contribution in [2.24, 2.45) is 16.7 Å². The molecule has 0 saturated heterocycles. The Kier molecular flexibility index (Phi) is 5.79. The van der Waals surface area contributed by atoms with Gasteiger partial charge in [0, 0.05) is 12.6 Å². The molecule has 0 N–H and O–H groups in total. The molecule has 2 rings (SSSR count). The number of amides is 1. The zero-order valence-corrected chi connectivity index (χ0v) is 16.1. The van der Waals surface area contributed by atoms with Gasteiger partial charge >= 0.3 is 11.9 Å². The Balaban J connectivity index is 2.23. The minimum Gasteiger partial charge on any atom is -0.469 e. The molecule has 25 heavy (non-hydrogen) atoms. The minimum atomic E-state index is -0.512. The highest BCUT2D eigenvalue weighted by atomic mass is 16.5. The van der Waals surface area contributed by atoms with Crippen LogP contribution in [0.15, 0.2) is 0 Å². The Labute approximate surface area is 150 Å².